The predicted molar refractivity (Wildman–Crippen MR) is 268 cm³/mol. The molecule has 364 valence electrons. The van der Waals surface area contributed by atoms with Crippen molar-refractivity contribution in [3.05, 3.63) is 85.1 Å². The van der Waals surface area contributed by atoms with E-state index in [1.807, 2.05) is 21.1 Å². The summed E-state index contributed by atoms with van der Waals surface area (Å²) in [4.78, 5) is 25.2. The van der Waals surface area contributed by atoms with E-state index in [1.54, 1.807) is 0 Å². The Bertz CT molecular complexity index is 1280. The van der Waals surface area contributed by atoms with Crippen molar-refractivity contribution in [1.29, 1.82) is 0 Å². The second-order valence-electron chi connectivity index (χ2n) is 17.8. The molecule has 0 aromatic heterocycles. The molecule has 63 heavy (non-hydrogen) atoms. The largest absolute Gasteiger partial charge is 0.756 e. The van der Waals surface area contributed by atoms with Crippen molar-refractivity contribution < 1.29 is 37.3 Å². The first-order chi connectivity index (χ1) is 30.6. The van der Waals surface area contributed by atoms with Crippen molar-refractivity contribution in [2.75, 3.05) is 54.1 Å². The molecular weight excluding hydrogens is 806 g/mol. The van der Waals surface area contributed by atoms with Gasteiger partial charge in [0.15, 0.2) is 0 Å². The van der Waals surface area contributed by atoms with Gasteiger partial charge in [0.1, 0.15) is 19.3 Å². The van der Waals surface area contributed by atoms with E-state index in [0.29, 0.717) is 24.1 Å². The molecule has 0 spiro atoms. The molecule has 9 heteroatoms. The third kappa shape index (κ3) is 50.5. The van der Waals surface area contributed by atoms with E-state index < -0.39 is 13.9 Å². The molecule has 0 N–H and O–H groups in total. The van der Waals surface area contributed by atoms with E-state index in [1.165, 1.54) is 103 Å². The number of likely N-dealkylation sites (N-methyl/N-ethyl adjacent to an activating group) is 1. The quantitative estimate of drug-likeness (QED) is 0.0197. The van der Waals surface area contributed by atoms with Gasteiger partial charge in [-0.2, -0.15) is 0 Å². The SMILES string of the molecule is CC/C=C\C/C=C\C/C=C\C/C=C\C/C=C\C/C=C\CCCOCC(COP(=O)([O-])OCC[N+](C)(C)C)OC(=O)CCCCCCCCCCC/C=C\CCCCCCCCCC. The number of hydrogen-bond donors (Lipinski definition) is 0. The van der Waals surface area contributed by atoms with Crippen LogP contribution < -0.4 is 4.89 Å². The number of esters is 1. The molecular formula is C54H96NO7P. The number of quaternary nitrogens is 1. The normalized spacial score (nSPS) is 14.3. The van der Waals surface area contributed by atoms with Crippen LogP contribution in [0.1, 0.15) is 194 Å². The Morgan fingerprint density at radius 2 is 0.921 bits per heavy atom. The van der Waals surface area contributed by atoms with Crippen molar-refractivity contribution in [1.82, 2.24) is 0 Å². The molecule has 0 saturated carbocycles. The van der Waals surface area contributed by atoms with E-state index in [9.17, 15) is 14.3 Å². The molecule has 0 rings (SSSR count). The van der Waals surface area contributed by atoms with Crippen molar-refractivity contribution in [2.45, 2.75) is 200 Å². The zero-order valence-corrected chi connectivity index (χ0v) is 42.1. The highest BCUT2D eigenvalue weighted by atomic mass is 31.2. The highest BCUT2D eigenvalue weighted by Gasteiger charge is 2.20. The molecule has 0 saturated heterocycles. The fourth-order valence-electron chi connectivity index (χ4n) is 6.56. The summed E-state index contributed by atoms with van der Waals surface area (Å²) in [7, 11) is 1.31. The van der Waals surface area contributed by atoms with Crippen LogP contribution in [0.25, 0.3) is 0 Å². The number of rotatable bonds is 46. The fraction of sp³-hybridized carbons (Fsp3) is 0.722. The summed E-state index contributed by atoms with van der Waals surface area (Å²) < 4.78 is 34.6. The minimum Gasteiger partial charge on any atom is -0.756 e. The van der Waals surface area contributed by atoms with Gasteiger partial charge in [0.25, 0.3) is 7.82 Å². The van der Waals surface area contributed by atoms with Crippen LogP contribution in [-0.2, 0) is 27.9 Å². The third-order valence-electron chi connectivity index (χ3n) is 10.4. The number of nitrogens with zero attached hydrogens (tertiary/aromatic N) is 1. The van der Waals surface area contributed by atoms with Gasteiger partial charge in [-0.3, -0.25) is 9.36 Å². The first kappa shape index (κ1) is 60.7. The Morgan fingerprint density at radius 3 is 1.40 bits per heavy atom. The van der Waals surface area contributed by atoms with E-state index in [0.717, 1.165) is 70.6 Å². The van der Waals surface area contributed by atoms with Crippen molar-refractivity contribution in [3.63, 3.8) is 0 Å². The standard InChI is InChI=1S/C54H96NO7P/c1-6-8-10-12-14-16-18-20-22-24-26-28-29-31-33-35-37-39-41-43-45-47-54(56)62-53(52-61-63(57,58)60-50-48-55(3,4)5)51-59-49-46-44-42-40-38-36-34-32-30-27-25-23-21-19-17-15-13-11-9-7-2/h9,11,15,17,21,23-24,26-27,30,34,36,40,42,53H,6-8,10,12-14,16,18-20,22,25,28-29,31-33,35,37-39,41,43-52H2,1-5H3/b11-9-,17-15-,23-21-,26-24-,30-27-,36-34-,42-40-. The van der Waals surface area contributed by atoms with Crippen LogP contribution in [0.4, 0.5) is 0 Å². The average molecular weight is 902 g/mol. The molecule has 0 aromatic rings. The maximum atomic E-state index is 12.7. The van der Waals surface area contributed by atoms with E-state index >= 15 is 0 Å². The van der Waals surface area contributed by atoms with Crippen molar-refractivity contribution in [2.24, 2.45) is 0 Å². The number of carbonyl (C=O) groups excluding carboxylic acids is 1. The van der Waals surface area contributed by atoms with E-state index in [2.05, 4.69) is 98.9 Å². The first-order valence-corrected chi connectivity index (χ1v) is 26.8. The highest BCUT2D eigenvalue weighted by Crippen LogP contribution is 2.38. The zero-order valence-electron chi connectivity index (χ0n) is 41.2. The molecule has 0 radical (unpaired) electrons. The van der Waals surface area contributed by atoms with Crippen LogP contribution in [0.15, 0.2) is 85.1 Å². The van der Waals surface area contributed by atoms with Gasteiger partial charge in [0.05, 0.1) is 34.4 Å². The molecule has 0 fully saturated rings. The van der Waals surface area contributed by atoms with Crippen LogP contribution in [0, 0.1) is 0 Å². The number of phosphoric acid groups is 1. The molecule has 0 aromatic carbocycles. The lowest BCUT2D eigenvalue weighted by Crippen LogP contribution is -2.37. The minimum absolute atomic E-state index is 0.0108. The Balaban J connectivity index is 4.27. The molecule has 0 bridgehead atoms. The fourth-order valence-corrected chi connectivity index (χ4v) is 7.29. The van der Waals surface area contributed by atoms with Gasteiger partial charge in [-0.25, -0.2) is 0 Å². The van der Waals surface area contributed by atoms with Crippen LogP contribution in [0.3, 0.4) is 0 Å². The maximum absolute atomic E-state index is 12.7. The molecule has 2 atom stereocenters. The summed E-state index contributed by atoms with van der Waals surface area (Å²) in [5.41, 5.74) is 0. The topological polar surface area (TPSA) is 94.1 Å². The van der Waals surface area contributed by atoms with Gasteiger partial charge < -0.3 is 27.9 Å². The Kier molecular flexibility index (Phi) is 44.5. The van der Waals surface area contributed by atoms with Crippen LogP contribution in [0.5, 0.6) is 0 Å². The Morgan fingerprint density at radius 1 is 0.508 bits per heavy atom. The third-order valence-corrected chi connectivity index (χ3v) is 11.4. The van der Waals surface area contributed by atoms with Gasteiger partial charge in [-0.1, -0.05) is 189 Å². The highest BCUT2D eigenvalue weighted by molar-refractivity contribution is 7.45. The smallest absolute Gasteiger partial charge is 0.306 e. The van der Waals surface area contributed by atoms with E-state index in [-0.39, 0.29) is 25.8 Å². The molecule has 0 heterocycles. The molecule has 0 aliphatic carbocycles. The Hall–Kier alpha value is -2.32. The summed E-state index contributed by atoms with van der Waals surface area (Å²) in [6.07, 6.45) is 61.9. The second-order valence-corrected chi connectivity index (χ2v) is 19.2. The molecule has 0 aliphatic rings. The van der Waals surface area contributed by atoms with Crippen molar-refractivity contribution >= 4 is 13.8 Å². The van der Waals surface area contributed by atoms with Gasteiger partial charge in [-0.05, 0) is 83.5 Å². The van der Waals surface area contributed by atoms with Gasteiger partial charge in [0.2, 0.25) is 0 Å². The maximum Gasteiger partial charge on any atom is 0.306 e. The number of phosphoric ester groups is 1. The Labute approximate surface area is 388 Å². The lowest BCUT2D eigenvalue weighted by molar-refractivity contribution is -0.870. The summed E-state index contributed by atoms with van der Waals surface area (Å²) in [5, 5.41) is 0. The summed E-state index contributed by atoms with van der Waals surface area (Å²) in [6, 6.07) is 0. The average Bonchev–Trinajstić information content (AvgIpc) is 3.24. The molecule has 8 nitrogen and oxygen atoms in total. The van der Waals surface area contributed by atoms with Crippen molar-refractivity contribution in [3.8, 4) is 0 Å². The lowest BCUT2D eigenvalue weighted by Gasteiger charge is -2.28. The van der Waals surface area contributed by atoms with Gasteiger partial charge in [-0.15, -0.1) is 0 Å². The van der Waals surface area contributed by atoms with Gasteiger partial charge >= 0.3 is 5.97 Å². The number of carbonyl (C=O) groups is 1. The first-order valence-electron chi connectivity index (χ1n) is 25.3. The molecule has 2 unspecified atom stereocenters. The zero-order chi connectivity index (χ0) is 46.2. The number of unbranched alkanes of at least 4 members (excludes halogenated alkanes) is 18. The molecule has 0 aliphatic heterocycles. The van der Waals surface area contributed by atoms with Crippen LogP contribution in [-0.4, -0.2) is 70.7 Å². The number of allylic oxidation sites excluding steroid dienone is 14. The van der Waals surface area contributed by atoms with E-state index in [4.69, 9.17) is 18.5 Å². The monoisotopic (exact) mass is 902 g/mol. The molecule has 0 amide bonds. The summed E-state index contributed by atoms with van der Waals surface area (Å²) >= 11 is 0. The summed E-state index contributed by atoms with van der Waals surface area (Å²) in [5.74, 6) is -0.358. The number of ether oxygens (including phenoxy) is 2. The second kappa shape index (κ2) is 46.2. The minimum atomic E-state index is -4.55. The van der Waals surface area contributed by atoms with Crippen LogP contribution in [0.2, 0.25) is 0 Å². The lowest BCUT2D eigenvalue weighted by atomic mass is 10.1. The van der Waals surface area contributed by atoms with Gasteiger partial charge in [0, 0.05) is 13.0 Å². The summed E-state index contributed by atoms with van der Waals surface area (Å²) in [6.45, 7) is 5.13. The predicted octanol–water partition coefficient (Wildman–Crippen LogP) is 15.0. The number of hydrogen-bond acceptors (Lipinski definition) is 7. The van der Waals surface area contributed by atoms with Crippen LogP contribution >= 0.6 is 7.82 Å².